The molecule has 2 aliphatic heterocycles. The quantitative estimate of drug-likeness (QED) is 0.0821. The molecule has 1 fully saturated rings. The lowest BCUT2D eigenvalue weighted by Crippen LogP contribution is -2.51. The van der Waals surface area contributed by atoms with Crippen molar-refractivity contribution in [3.05, 3.63) is 71.4 Å². The molecule has 3 aromatic carbocycles. The average molecular weight is 748 g/mol. The van der Waals surface area contributed by atoms with Crippen LogP contribution in [0.1, 0.15) is 101 Å². The molecule has 4 unspecified atom stereocenters. The molecule has 290 valence electrons. The SMILES string of the molecule is CCC(C)CC(=O)NCCCCc1ncc(-c2ccc3c(c2)Oc2ccc4c(ccc5[nH]c(C6CCCN6C(=O)C(NC(=O)OC)C(C)CC)nc54)c2C3)[nH]1. The molecule has 4 N–H and O–H groups in total. The number of aromatic nitrogens is 4. The van der Waals surface area contributed by atoms with Gasteiger partial charge >= 0.3 is 6.09 Å². The highest BCUT2D eigenvalue weighted by Crippen LogP contribution is 2.43. The second kappa shape index (κ2) is 16.5. The number of H-pyrrole nitrogens is 2. The second-order valence-electron chi connectivity index (χ2n) is 15.3. The van der Waals surface area contributed by atoms with Gasteiger partial charge in [0.25, 0.3) is 0 Å². The molecular formula is C43H53N7O5. The van der Waals surface area contributed by atoms with Gasteiger partial charge in [-0.1, -0.05) is 58.7 Å². The molecule has 4 atom stereocenters. The minimum atomic E-state index is -0.674. The van der Waals surface area contributed by atoms with Crippen LogP contribution in [-0.2, 0) is 27.2 Å². The van der Waals surface area contributed by atoms with Crippen LogP contribution in [0.4, 0.5) is 4.79 Å². The summed E-state index contributed by atoms with van der Waals surface area (Å²) in [5, 5.41) is 7.93. The highest BCUT2D eigenvalue weighted by Gasteiger charge is 2.38. The van der Waals surface area contributed by atoms with Crippen molar-refractivity contribution in [2.45, 2.75) is 97.6 Å². The van der Waals surface area contributed by atoms with E-state index in [0.29, 0.717) is 25.4 Å². The van der Waals surface area contributed by atoms with Gasteiger partial charge in [0.05, 0.1) is 36.1 Å². The summed E-state index contributed by atoms with van der Waals surface area (Å²) in [6.07, 6.45) is 8.65. The summed E-state index contributed by atoms with van der Waals surface area (Å²) < 4.78 is 11.4. The van der Waals surface area contributed by atoms with E-state index in [2.05, 4.69) is 75.8 Å². The average Bonchev–Trinajstić information content (AvgIpc) is 3.98. The van der Waals surface area contributed by atoms with Crippen molar-refractivity contribution >= 4 is 39.7 Å². The lowest BCUT2D eigenvalue weighted by atomic mass is 9.93. The van der Waals surface area contributed by atoms with E-state index in [9.17, 15) is 14.4 Å². The Morgan fingerprint density at radius 1 is 1.02 bits per heavy atom. The number of alkyl carbamates (subject to hydrolysis) is 1. The predicted molar refractivity (Wildman–Crippen MR) is 213 cm³/mol. The van der Waals surface area contributed by atoms with Crippen LogP contribution in [0.2, 0.25) is 0 Å². The molecule has 12 nitrogen and oxygen atoms in total. The summed E-state index contributed by atoms with van der Waals surface area (Å²) in [7, 11) is 1.31. The maximum Gasteiger partial charge on any atom is 0.407 e. The molecule has 55 heavy (non-hydrogen) atoms. The summed E-state index contributed by atoms with van der Waals surface area (Å²) >= 11 is 0. The molecule has 0 bridgehead atoms. The third-order valence-corrected chi connectivity index (χ3v) is 11.5. The van der Waals surface area contributed by atoms with E-state index >= 15 is 0 Å². The Morgan fingerprint density at radius 3 is 2.65 bits per heavy atom. The Bertz CT molecular complexity index is 2190. The molecule has 0 aliphatic carbocycles. The molecule has 3 amide bonds. The summed E-state index contributed by atoms with van der Waals surface area (Å²) in [6, 6.07) is 13.7. The largest absolute Gasteiger partial charge is 0.457 e. The predicted octanol–water partition coefficient (Wildman–Crippen LogP) is 8.11. The number of unbranched alkanes of at least 4 members (excludes halogenated alkanes) is 1. The lowest BCUT2D eigenvalue weighted by Gasteiger charge is -2.30. The van der Waals surface area contributed by atoms with Gasteiger partial charge in [-0.2, -0.15) is 0 Å². The van der Waals surface area contributed by atoms with E-state index in [0.717, 1.165) is 119 Å². The fraction of sp³-hybridized carbons (Fsp3) is 0.465. The third-order valence-electron chi connectivity index (χ3n) is 11.5. The number of aryl methyl sites for hydroxylation is 1. The van der Waals surface area contributed by atoms with Crippen molar-refractivity contribution in [2.24, 2.45) is 11.8 Å². The minimum Gasteiger partial charge on any atom is -0.457 e. The van der Waals surface area contributed by atoms with Crippen molar-refractivity contribution in [3.63, 3.8) is 0 Å². The highest BCUT2D eigenvalue weighted by molar-refractivity contribution is 6.06. The van der Waals surface area contributed by atoms with Gasteiger partial charge < -0.3 is 35.0 Å². The Balaban J connectivity index is 1.04. The first kappa shape index (κ1) is 37.9. The van der Waals surface area contributed by atoms with E-state index < -0.39 is 12.1 Å². The fourth-order valence-corrected chi connectivity index (χ4v) is 7.82. The molecule has 0 radical (unpaired) electrons. The number of carbonyl (C=O) groups excluding carboxylic acids is 3. The number of likely N-dealkylation sites (tertiary alicyclic amines) is 1. The number of carbonyl (C=O) groups is 3. The number of hydrogen-bond donors (Lipinski definition) is 4. The molecule has 0 spiro atoms. The minimum absolute atomic E-state index is 0.0524. The first-order chi connectivity index (χ1) is 26.7. The molecule has 4 heterocycles. The Morgan fingerprint density at radius 2 is 1.85 bits per heavy atom. The van der Waals surface area contributed by atoms with E-state index in [4.69, 9.17) is 14.5 Å². The fourth-order valence-electron chi connectivity index (χ4n) is 7.82. The first-order valence-corrected chi connectivity index (χ1v) is 19.9. The van der Waals surface area contributed by atoms with Crippen LogP contribution >= 0.6 is 0 Å². The molecule has 2 aromatic heterocycles. The standard InChI is InChI=1S/C43H53N7O5/c1-6-25(3)21-38(51)44-19-9-8-12-37-45-24-33(46-37)27-13-14-28-22-31-29-15-17-32-40(30(29)16-18-35(31)55-36(28)23-27)48-41(47-32)34-11-10-20-50(34)42(52)39(26(4)7-2)49-43(53)54-5/h13-18,23-26,34,39H,6-12,19-22H2,1-5H3,(H,44,51)(H,45,46)(H,47,48)(H,49,53). The van der Waals surface area contributed by atoms with Crippen molar-refractivity contribution in [3.8, 4) is 22.8 Å². The van der Waals surface area contributed by atoms with Gasteiger partial charge in [-0.05, 0) is 72.7 Å². The van der Waals surface area contributed by atoms with Crippen molar-refractivity contribution in [1.29, 1.82) is 0 Å². The number of nitrogens with zero attached hydrogens (tertiary/aromatic N) is 3. The Labute approximate surface area is 322 Å². The van der Waals surface area contributed by atoms with Crippen LogP contribution in [-0.4, -0.2) is 69.0 Å². The van der Waals surface area contributed by atoms with Gasteiger partial charge in [0.2, 0.25) is 11.8 Å². The van der Waals surface area contributed by atoms with E-state index in [1.54, 1.807) is 0 Å². The van der Waals surface area contributed by atoms with Crippen LogP contribution in [0.25, 0.3) is 33.1 Å². The van der Waals surface area contributed by atoms with Crippen LogP contribution in [0.3, 0.4) is 0 Å². The molecule has 2 aliphatic rings. The normalized spacial score (nSPS) is 16.6. The molecular weight excluding hydrogens is 695 g/mol. The topological polar surface area (TPSA) is 154 Å². The van der Waals surface area contributed by atoms with E-state index in [1.807, 2.05) is 31.0 Å². The van der Waals surface area contributed by atoms with Crippen molar-refractivity contribution in [2.75, 3.05) is 20.2 Å². The summed E-state index contributed by atoms with van der Waals surface area (Å²) in [5.41, 5.74) is 5.97. The zero-order valence-corrected chi connectivity index (χ0v) is 32.6. The number of nitrogens with one attached hydrogen (secondary N) is 4. The molecule has 1 saturated heterocycles. The zero-order chi connectivity index (χ0) is 38.6. The van der Waals surface area contributed by atoms with Crippen molar-refractivity contribution < 1.29 is 23.9 Å². The third kappa shape index (κ3) is 8.04. The maximum atomic E-state index is 13.9. The van der Waals surface area contributed by atoms with Crippen LogP contribution in [0.15, 0.2) is 48.7 Å². The monoisotopic (exact) mass is 747 g/mol. The zero-order valence-electron chi connectivity index (χ0n) is 32.6. The first-order valence-electron chi connectivity index (χ1n) is 19.9. The van der Waals surface area contributed by atoms with E-state index in [-0.39, 0.29) is 23.8 Å². The van der Waals surface area contributed by atoms with Gasteiger partial charge in [-0.3, -0.25) is 9.59 Å². The van der Waals surface area contributed by atoms with Crippen LogP contribution in [0, 0.1) is 11.8 Å². The van der Waals surface area contributed by atoms with Gasteiger partial charge in [0, 0.05) is 48.9 Å². The van der Waals surface area contributed by atoms with Gasteiger partial charge in [-0.25, -0.2) is 14.8 Å². The van der Waals surface area contributed by atoms with Crippen molar-refractivity contribution in [1.82, 2.24) is 35.5 Å². The Kier molecular flexibility index (Phi) is 11.4. The van der Waals surface area contributed by atoms with Crippen LogP contribution < -0.4 is 15.4 Å². The Hall–Kier alpha value is -5.39. The molecule has 0 saturated carbocycles. The number of hydrogen-bond acceptors (Lipinski definition) is 7. The molecule has 7 rings (SSSR count). The lowest BCUT2D eigenvalue weighted by molar-refractivity contribution is -0.135. The highest BCUT2D eigenvalue weighted by atomic mass is 16.5. The van der Waals surface area contributed by atoms with E-state index in [1.165, 1.54) is 7.11 Å². The van der Waals surface area contributed by atoms with Gasteiger partial charge in [0.1, 0.15) is 29.2 Å². The number of rotatable bonds is 14. The summed E-state index contributed by atoms with van der Waals surface area (Å²) in [4.78, 5) is 56.6. The van der Waals surface area contributed by atoms with Crippen LogP contribution in [0.5, 0.6) is 11.5 Å². The number of imidazole rings is 2. The summed E-state index contributed by atoms with van der Waals surface area (Å²) in [6.45, 7) is 9.49. The van der Waals surface area contributed by atoms with Gasteiger partial charge in [-0.15, -0.1) is 0 Å². The maximum absolute atomic E-state index is 13.9. The number of amides is 3. The number of methoxy groups -OCH3 is 1. The smallest absolute Gasteiger partial charge is 0.407 e. The molecule has 12 heteroatoms. The second-order valence-corrected chi connectivity index (χ2v) is 15.3. The number of ether oxygens (including phenoxy) is 2. The number of fused-ring (bicyclic) bond motifs is 6. The van der Waals surface area contributed by atoms with Gasteiger partial charge in [0.15, 0.2) is 0 Å². The number of benzene rings is 3. The summed E-state index contributed by atoms with van der Waals surface area (Å²) in [5.74, 6) is 3.73. The number of aromatic amines is 2. The molecule has 5 aromatic rings.